The number of hydrogen-bond donors (Lipinski definition) is 3. The number of amides is 1. The van der Waals surface area contributed by atoms with E-state index in [-0.39, 0.29) is 18.0 Å². The van der Waals surface area contributed by atoms with Crippen LogP contribution in [-0.4, -0.2) is 41.6 Å². The predicted octanol–water partition coefficient (Wildman–Crippen LogP) is 11.3. The van der Waals surface area contributed by atoms with Gasteiger partial charge in [-0.2, -0.15) is 0 Å². The molecule has 7 heteroatoms. The molecule has 2 atom stereocenters. The number of hydrogen-bond acceptors (Lipinski definition) is 5. The number of carboxylic acids is 1. The van der Waals surface area contributed by atoms with Crippen molar-refractivity contribution in [3.05, 3.63) is 0 Å². The van der Waals surface area contributed by atoms with E-state index in [1.54, 1.807) is 0 Å². The highest BCUT2D eigenvalue weighted by Crippen LogP contribution is 2.19. The molecule has 0 spiro atoms. The van der Waals surface area contributed by atoms with E-state index < -0.39 is 12.0 Å². The molecule has 0 aromatic rings. The summed E-state index contributed by atoms with van der Waals surface area (Å²) < 4.78 is 6.03. The summed E-state index contributed by atoms with van der Waals surface area (Å²) >= 11 is 0. The van der Waals surface area contributed by atoms with Crippen LogP contribution in [0.25, 0.3) is 0 Å². The molecule has 7 nitrogen and oxygen atoms in total. The van der Waals surface area contributed by atoms with E-state index in [1.165, 1.54) is 122 Å². The lowest BCUT2D eigenvalue weighted by atomic mass is 10.0. The fraction of sp³-hybridized carbons (Fsp3) is 0.927. The normalized spacial score (nSPS) is 12.6. The van der Waals surface area contributed by atoms with Gasteiger partial charge in [0.2, 0.25) is 5.91 Å². The average Bonchev–Trinajstić information content (AvgIpc) is 3.07. The Morgan fingerprint density at radius 1 is 0.521 bits per heavy atom. The molecule has 0 aromatic carbocycles. The highest BCUT2D eigenvalue weighted by Gasteiger charge is 2.19. The molecule has 0 radical (unpaired) electrons. The molecule has 0 rings (SSSR count). The van der Waals surface area contributed by atoms with Gasteiger partial charge < -0.3 is 20.9 Å². The lowest BCUT2D eigenvalue weighted by molar-refractivity contribution is -0.150. The summed E-state index contributed by atoms with van der Waals surface area (Å²) in [6, 6.07) is -0.851. The second-order valence-corrected chi connectivity index (χ2v) is 14.4. The highest BCUT2D eigenvalue weighted by atomic mass is 16.5. The van der Waals surface area contributed by atoms with E-state index in [9.17, 15) is 19.5 Å². The maximum absolute atomic E-state index is 12.7. The molecule has 2 unspecified atom stereocenters. The Labute approximate surface area is 297 Å². The van der Waals surface area contributed by atoms with Gasteiger partial charge in [-0.25, -0.2) is 4.79 Å². The van der Waals surface area contributed by atoms with E-state index in [4.69, 9.17) is 10.5 Å². The minimum Gasteiger partial charge on any atom is -0.480 e. The first kappa shape index (κ1) is 46.4. The van der Waals surface area contributed by atoms with Crippen LogP contribution < -0.4 is 11.1 Å². The molecule has 4 N–H and O–H groups in total. The molecule has 0 aliphatic rings. The summed E-state index contributed by atoms with van der Waals surface area (Å²) in [6.45, 7) is 4.95. The zero-order chi connectivity index (χ0) is 35.3. The summed E-state index contributed by atoms with van der Waals surface area (Å²) in [6.07, 6.45) is 37.1. The van der Waals surface area contributed by atoms with Gasteiger partial charge in [-0.1, -0.05) is 162 Å². The minimum atomic E-state index is -1.00. The van der Waals surface area contributed by atoms with Crippen molar-refractivity contribution in [1.82, 2.24) is 5.32 Å². The smallest absolute Gasteiger partial charge is 0.326 e. The van der Waals surface area contributed by atoms with Gasteiger partial charge in [0.05, 0.1) is 0 Å². The molecule has 0 saturated heterocycles. The monoisotopic (exact) mass is 681 g/mol. The van der Waals surface area contributed by atoms with Crippen LogP contribution >= 0.6 is 0 Å². The number of carbonyl (C=O) groups is 3. The van der Waals surface area contributed by atoms with E-state index in [0.29, 0.717) is 32.2 Å². The standard InChI is InChI=1S/C41H80N2O5/c1-3-5-7-9-11-13-15-16-18-20-25-29-35-40(45)48-37(31-26-22-19-17-14-12-10-8-6-4-2)32-27-23-21-24-28-34-39(44)43-38(41(46)47)33-30-36-42/h37-38H,3-36,42H2,1-2H3,(H,43,44)(H,46,47). The van der Waals surface area contributed by atoms with Crippen molar-refractivity contribution >= 4 is 17.8 Å². The SMILES string of the molecule is CCCCCCCCCCCCCCC(=O)OC(CCCCCCCCCCCC)CCCCCCCC(=O)NC(CCCN)C(=O)O. The molecule has 48 heavy (non-hydrogen) atoms. The summed E-state index contributed by atoms with van der Waals surface area (Å²) in [7, 11) is 0. The predicted molar refractivity (Wildman–Crippen MR) is 202 cm³/mol. The lowest BCUT2D eigenvalue weighted by Gasteiger charge is -2.18. The Bertz CT molecular complexity index is 732. The summed E-state index contributed by atoms with van der Waals surface area (Å²) in [4.78, 5) is 36.3. The third kappa shape index (κ3) is 32.9. The molecular formula is C41H80N2O5. The van der Waals surface area contributed by atoms with E-state index in [2.05, 4.69) is 19.2 Å². The van der Waals surface area contributed by atoms with Crippen molar-refractivity contribution < 1.29 is 24.2 Å². The molecular weight excluding hydrogens is 600 g/mol. The number of rotatable bonds is 38. The number of nitrogens with two attached hydrogens (primary N) is 1. The van der Waals surface area contributed by atoms with E-state index in [1.807, 2.05) is 0 Å². The first-order chi connectivity index (χ1) is 23.4. The molecule has 1 amide bonds. The minimum absolute atomic E-state index is 0.0173. The lowest BCUT2D eigenvalue weighted by Crippen LogP contribution is -2.40. The van der Waals surface area contributed by atoms with Gasteiger partial charge in [0, 0.05) is 12.8 Å². The third-order valence-corrected chi connectivity index (χ3v) is 9.67. The number of aliphatic carboxylic acids is 1. The zero-order valence-electron chi connectivity index (χ0n) is 31.9. The number of carbonyl (C=O) groups excluding carboxylic acids is 2. The molecule has 0 aliphatic heterocycles. The van der Waals surface area contributed by atoms with E-state index >= 15 is 0 Å². The van der Waals surface area contributed by atoms with Crippen LogP contribution in [0.2, 0.25) is 0 Å². The summed E-state index contributed by atoms with van der Waals surface area (Å²) in [5.41, 5.74) is 5.48. The fourth-order valence-corrected chi connectivity index (χ4v) is 6.51. The van der Waals surface area contributed by atoms with Crippen LogP contribution in [0.3, 0.4) is 0 Å². The van der Waals surface area contributed by atoms with Crippen LogP contribution in [0.1, 0.15) is 226 Å². The fourth-order valence-electron chi connectivity index (χ4n) is 6.51. The van der Waals surface area contributed by atoms with Crippen molar-refractivity contribution in [1.29, 1.82) is 0 Å². The Kier molecular flexibility index (Phi) is 35.4. The average molecular weight is 681 g/mol. The van der Waals surface area contributed by atoms with Crippen LogP contribution in [0.4, 0.5) is 0 Å². The first-order valence-electron chi connectivity index (χ1n) is 20.9. The number of nitrogens with one attached hydrogen (secondary N) is 1. The Morgan fingerprint density at radius 2 is 0.896 bits per heavy atom. The molecule has 0 aliphatic carbocycles. The summed E-state index contributed by atoms with van der Waals surface area (Å²) in [5.74, 6) is -1.22. The van der Waals surface area contributed by atoms with Crippen LogP contribution in [-0.2, 0) is 19.1 Å². The molecule has 0 heterocycles. The van der Waals surface area contributed by atoms with Crippen molar-refractivity contribution in [3.63, 3.8) is 0 Å². The number of ether oxygens (including phenoxy) is 1. The quantitative estimate of drug-likeness (QED) is 0.0441. The maximum atomic E-state index is 12.7. The zero-order valence-corrected chi connectivity index (χ0v) is 31.9. The second-order valence-electron chi connectivity index (χ2n) is 14.4. The molecule has 0 bridgehead atoms. The number of unbranched alkanes of at least 4 members (excludes halogenated alkanes) is 24. The van der Waals surface area contributed by atoms with Gasteiger partial charge in [0.15, 0.2) is 0 Å². The van der Waals surface area contributed by atoms with Crippen molar-refractivity contribution in [2.75, 3.05) is 6.54 Å². The van der Waals surface area contributed by atoms with Gasteiger partial charge >= 0.3 is 11.9 Å². The molecule has 0 aromatic heterocycles. The van der Waals surface area contributed by atoms with Gasteiger partial charge in [-0.05, 0) is 57.9 Å². The molecule has 0 saturated carbocycles. The second kappa shape index (κ2) is 36.6. The summed E-state index contributed by atoms with van der Waals surface area (Å²) in [5, 5.41) is 11.9. The van der Waals surface area contributed by atoms with Crippen molar-refractivity contribution in [2.24, 2.45) is 5.73 Å². The van der Waals surface area contributed by atoms with Crippen LogP contribution in [0, 0.1) is 0 Å². The number of esters is 1. The van der Waals surface area contributed by atoms with Crippen molar-refractivity contribution in [3.8, 4) is 0 Å². The van der Waals surface area contributed by atoms with Gasteiger partial charge in [-0.3, -0.25) is 9.59 Å². The Hall–Kier alpha value is -1.63. The van der Waals surface area contributed by atoms with Crippen LogP contribution in [0.15, 0.2) is 0 Å². The largest absolute Gasteiger partial charge is 0.480 e. The van der Waals surface area contributed by atoms with Gasteiger partial charge in [-0.15, -0.1) is 0 Å². The van der Waals surface area contributed by atoms with E-state index in [0.717, 1.165) is 64.2 Å². The van der Waals surface area contributed by atoms with Gasteiger partial charge in [0.1, 0.15) is 12.1 Å². The maximum Gasteiger partial charge on any atom is 0.326 e. The Balaban J connectivity index is 4.26. The topological polar surface area (TPSA) is 119 Å². The third-order valence-electron chi connectivity index (χ3n) is 9.67. The van der Waals surface area contributed by atoms with Crippen LogP contribution in [0.5, 0.6) is 0 Å². The Morgan fingerprint density at radius 3 is 1.29 bits per heavy atom. The molecule has 284 valence electrons. The highest BCUT2D eigenvalue weighted by molar-refractivity contribution is 5.83. The molecule has 0 fully saturated rings. The van der Waals surface area contributed by atoms with Gasteiger partial charge in [0.25, 0.3) is 0 Å². The van der Waals surface area contributed by atoms with Crippen molar-refractivity contribution in [2.45, 2.75) is 238 Å². The first-order valence-corrected chi connectivity index (χ1v) is 20.9. The number of carboxylic acid groups (broad SMARTS) is 1.